The lowest BCUT2D eigenvalue weighted by atomic mass is 10.2. The van der Waals surface area contributed by atoms with E-state index in [1.54, 1.807) is 19.1 Å². The van der Waals surface area contributed by atoms with E-state index in [9.17, 15) is 13.2 Å². The van der Waals surface area contributed by atoms with Crippen LogP contribution in [0.4, 0.5) is 13.2 Å². The largest absolute Gasteiger partial charge is 0.401 e. The summed E-state index contributed by atoms with van der Waals surface area (Å²) in [6, 6.07) is 3.24. The molecule has 0 N–H and O–H groups in total. The summed E-state index contributed by atoms with van der Waals surface area (Å²) >= 11 is 5.58. The van der Waals surface area contributed by atoms with Gasteiger partial charge < -0.3 is 0 Å². The van der Waals surface area contributed by atoms with Crippen LogP contribution in [0.2, 0.25) is 5.15 Å². The van der Waals surface area contributed by atoms with Gasteiger partial charge in [-0.25, -0.2) is 4.98 Å². The third kappa shape index (κ3) is 4.81. The van der Waals surface area contributed by atoms with Gasteiger partial charge in [0.1, 0.15) is 5.15 Å². The first kappa shape index (κ1) is 13.3. The van der Waals surface area contributed by atoms with Gasteiger partial charge in [-0.2, -0.15) is 13.2 Å². The molecule has 90 valence electrons. The van der Waals surface area contributed by atoms with Crippen LogP contribution >= 0.6 is 11.6 Å². The molecule has 6 heteroatoms. The lowest BCUT2D eigenvalue weighted by Crippen LogP contribution is -2.33. The second kappa shape index (κ2) is 5.50. The highest BCUT2D eigenvalue weighted by molar-refractivity contribution is 6.29. The molecule has 0 spiro atoms. The Kier molecular flexibility index (Phi) is 4.56. The lowest BCUT2D eigenvalue weighted by Gasteiger charge is -2.21. The van der Waals surface area contributed by atoms with E-state index >= 15 is 0 Å². The van der Waals surface area contributed by atoms with Crippen molar-refractivity contribution in [2.75, 3.05) is 13.1 Å². The molecule has 0 aliphatic heterocycles. The second-order valence-corrected chi connectivity index (χ2v) is 3.79. The van der Waals surface area contributed by atoms with Crippen molar-refractivity contribution in [3.05, 3.63) is 29.0 Å². The van der Waals surface area contributed by atoms with Crippen molar-refractivity contribution in [3.63, 3.8) is 0 Å². The fourth-order valence-corrected chi connectivity index (χ4v) is 1.40. The number of aromatic nitrogens is 1. The molecule has 1 heterocycles. The van der Waals surface area contributed by atoms with Gasteiger partial charge in [-0.05, 0) is 18.2 Å². The van der Waals surface area contributed by atoms with Gasteiger partial charge in [0, 0.05) is 12.7 Å². The van der Waals surface area contributed by atoms with Crippen molar-refractivity contribution in [2.24, 2.45) is 0 Å². The SMILES string of the molecule is CCN(Cc1ccc(Cl)nc1)CC(F)(F)F. The highest BCUT2D eigenvalue weighted by Gasteiger charge is 2.29. The molecule has 2 nitrogen and oxygen atoms in total. The first-order valence-corrected chi connectivity index (χ1v) is 5.18. The summed E-state index contributed by atoms with van der Waals surface area (Å²) < 4.78 is 36.5. The summed E-state index contributed by atoms with van der Waals surface area (Å²) in [5, 5.41) is 0.336. The van der Waals surface area contributed by atoms with Gasteiger partial charge in [0.05, 0.1) is 6.54 Å². The molecule has 0 aliphatic carbocycles. The fourth-order valence-electron chi connectivity index (χ4n) is 1.29. The third-order valence-electron chi connectivity index (χ3n) is 2.04. The van der Waals surface area contributed by atoms with Crippen LogP contribution in [-0.2, 0) is 6.54 Å². The van der Waals surface area contributed by atoms with Crippen LogP contribution in [0.5, 0.6) is 0 Å². The van der Waals surface area contributed by atoms with Crippen molar-refractivity contribution in [1.29, 1.82) is 0 Å². The summed E-state index contributed by atoms with van der Waals surface area (Å²) in [5.74, 6) is 0. The molecular formula is C10H12ClF3N2. The Morgan fingerprint density at radius 2 is 2.06 bits per heavy atom. The Labute approximate surface area is 97.0 Å². The standard InChI is InChI=1S/C10H12ClF3N2/c1-2-16(7-10(12,13)14)6-8-3-4-9(11)15-5-8/h3-5H,2,6-7H2,1H3. The number of nitrogens with zero attached hydrogens (tertiary/aromatic N) is 2. The molecular weight excluding hydrogens is 241 g/mol. The van der Waals surface area contributed by atoms with E-state index in [0.29, 0.717) is 11.7 Å². The summed E-state index contributed by atoms with van der Waals surface area (Å²) in [7, 11) is 0. The number of halogens is 4. The monoisotopic (exact) mass is 252 g/mol. The van der Waals surface area contributed by atoms with Gasteiger partial charge in [0.2, 0.25) is 0 Å². The zero-order valence-electron chi connectivity index (χ0n) is 8.76. The predicted molar refractivity (Wildman–Crippen MR) is 56.3 cm³/mol. The Morgan fingerprint density at radius 3 is 2.50 bits per heavy atom. The van der Waals surface area contributed by atoms with E-state index in [4.69, 9.17) is 11.6 Å². The summed E-state index contributed by atoms with van der Waals surface area (Å²) in [4.78, 5) is 5.12. The predicted octanol–water partition coefficient (Wildman–Crippen LogP) is 3.12. The molecule has 0 saturated heterocycles. The average Bonchev–Trinajstić information content (AvgIpc) is 2.18. The zero-order chi connectivity index (χ0) is 12.2. The second-order valence-electron chi connectivity index (χ2n) is 3.41. The molecule has 0 bridgehead atoms. The molecule has 0 aromatic carbocycles. The summed E-state index contributed by atoms with van der Waals surface area (Å²) in [5.41, 5.74) is 0.718. The first-order valence-electron chi connectivity index (χ1n) is 4.80. The first-order chi connectivity index (χ1) is 7.40. The van der Waals surface area contributed by atoms with E-state index < -0.39 is 12.7 Å². The van der Waals surface area contributed by atoms with Crippen molar-refractivity contribution in [2.45, 2.75) is 19.6 Å². The van der Waals surface area contributed by atoms with Crippen LogP contribution in [0.15, 0.2) is 18.3 Å². The van der Waals surface area contributed by atoms with Crippen molar-refractivity contribution in [1.82, 2.24) is 9.88 Å². The average molecular weight is 253 g/mol. The molecule has 1 rings (SSSR count). The molecule has 0 fully saturated rings. The maximum absolute atomic E-state index is 12.2. The minimum absolute atomic E-state index is 0.222. The van der Waals surface area contributed by atoms with E-state index in [-0.39, 0.29) is 6.54 Å². The number of pyridine rings is 1. The molecule has 0 saturated carbocycles. The van der Waals surface area contributed by atoms with Crippen LogP contribution in [0, 0.1) is 0 Å². The molecule has 0 amide bonds. The molecule has 0 atom stereocenters. The number of rotatable bonds is 4. The summed E-state index contributed by atoms with van der Waals surface area (Å²) in [6.45, 7) is 1.34. The Bertz CT molecular complexity index is 324. The lowest BCUT2D eigenvalue weighted by molar-refractivity contribution is -0.146. The highest BCUT2D eigenvalue weighted by Crippen LogP contribution is 2.18. The topological polar surface area (TPSA) is 16.1 Å². The van der Waals surface area contributed by atoms with Crippen LogP contribution in [0.3, 0.4) is 0 Å². The van der Waals surface area contributed by atoms with Crippen LogP contribution in [-0.4, -0.2) is 29.1 Å². The van der Waals surface area contributed by atoms with Gasteiger partial charge in [0.15, 0.2) is 0 Å². The minimum Gasteiger partial charge on any atom is -0.291 e. The molecule has 16 heavy (non-hydrogen) atoms. The van der Waals surface area contributed by atoms with Crippen LogP contribution < -0.4 is 0 Å². The van der Waals surface area contributed by atoms with Gasteiger partial charge in [-0.15, -0.1) is 0 Å². The van der Waals surface area contributed by atoms with Gasteiger partial charge in [0.25, 0.3) is 0 Å². The molecule has 0 radical (unpaired) electrons. The Hall–Kier alpha value is -0.810. The van der Waals surface area contributed by atoms with Crippen molar-refractivity contribution >= 4 is 11.6 Å². The quantitative estimate of drug-likeness (QED) is 0.766. The van der Waals surface area contributed by atoms with Crippen molar-refractivity contribution < 1.29 is 13.2 Å². The molecule has 1 aromatic rings. The zero-order valence-corrected chi connectivity index (χ0v) is 9.52. The molecule has 0 aliphatic rings. The van der Waals surface area contributed by atoms with Crippen LogP contribution in [0.25, 0.3) is 0 Å². The Morgan fingerprint density at radius 1 is 1.38 bits per heavy atom. The van der Waals surface area contributed by atoms with Gasteiger partial charge in [-0.1, -0.05) is 24.6 Å². The van der Waals surface area contributed by atoms with E-state index in [0.717, 1.165) is 5.56 Å². The maximum Gasteiger partial charge on any atom is 0.401 e. The van der Waals surface area contributed by atoms with E-state index in [1.165, 1.54) is 11.1 Å². The highest BCUT2D eigenvalue weighted by atomic mass is 35.5. The van der Waals surface area contributed by atoms with Crippen molar-refractivity contribution in [3.8, 4) is 0 Å². The Balaban J connectivity index is 2.60. The number of hydrogen-bond donors (Lipinski definition) is 0. The van der Waals surface area contributed by atoms with E-state index in [2.05, 4.69) is 4.98 Å². The minimum atomic E-state index is -4.17. The van der Waals surface area contributed by atoms with Gasteiger partial charge >= 0.3 is 6.18 Å². The van der Waals surface area contributed by atoms with E-state index in [1.807, 2.05) is 0 Å². The normalized spacial score (nSPS) is 12.1. The van der Waals surface area contributed by atoms with Crippen LogP contribution in [0.1, 0.15) is 12.5 Å². The smallest absolute Gasteiger partial charge is 0.291 e. The van der Waals surface area contributed by atoms with Gasteiger partial charge in [-0.3, -0.25) is 4.90 Å². The molecule has 0 unspecified atom stereocenters. The third-order valence-corrected chi connectivity index (χ3v) is 2.27. The maximum atomic E-state index is 12.2. The summed E-state index contributed by atoms with van der Waals surface area (Å²) in [6.07, 6.45) is -2.68. The number of hydrogen-bond acceptors (Lipinski definition) is 2. The molecule has 1 aromatic heterocycles. The fraction of sp³-hybridized carbons (Fsp3) is 0.500. The number of alkyl halides is 3.